The average Bonchev–Trinajstić information content (AvgIpc) is 3.99. The van der Waals surface area contributed by atoms with Gasteiger partial charge in [0.2, 0.25) is 0 Å². The van der Waals surface area contributed by atoms with Gasteiger partial charge in [0.1, 0.15) is 33.5 Å². The predicted molar refractivity (Wildman–Crippen MR) is 231 cm³/mol. The number of para-hydroxylation sites is 6. The molecule has 12 rings (SSSR count). The van der Waals surface area contributed by atoms with Gasteiger partial charge in [0.25, 0.3) is 0 Å². The summed E-state index contributed by atoms with van der Waals surface area (Å²) in [7, 11) is 0. The predicted octanol–water partition coefficient (Wildman–Crippen LogP) is 13.9. The molecule has 0 N–H and O–H groups in total. The second kappa shape index (κ2) is 16.1. The standard InChI is InChI=1S/3C17H11NO.Ir/c3*1-2-10-16-12(6-1)13-7-5-8-14(17(13)19-16)15-9-3-4-11-18-15;/h3*1-11H;. The zero-order valence-corrected chi connectivity index (χ0v) is 33.3. The third-order valence-electron chi connectivity index (χ3n) is 10.0. The monoisotopic (exact) mass is 928 g/mol. The molecule has 0 fully saturated rings. The summed E-state index contributed by atoms with van der Waals surface area (Å²) < 4.78 is 18.0. The van der Waals surface area contributed by atoms with Crippen LogP contribution in [0.5, 0.6) is 0 Å². The Morgan fingerprint density at radius 3 is 0.828 bits per heavy atom. The molecule has 6 heterocycles. The van der Waals surface area contributed by atoms with Crippen molar-refractivity contribution in [3.05, 3.63) is 201 Å². The Kier molecular flexibility index (Phi) is 10.1. The number of nitrogens with zero attached hydrogens (tertiary/aromatic N) is 3. The van der Waals surface area contributed by atoms with Crippen molar-refractivity contribution in [3.63, 3.8) is 0 Å². The van der Waals surface area contributed by atoms with E-state index in [9.17, 15) is 0 Å². The summed E-state index contributed by atoms with van der Waals surface area (Å²) in [5.41, 5.74) is 11.4. The topological polar surface area (TPSA) is 78.1 Å². The molecule has 6 aromatic carbocycles. The van der Waals surface area contributed by atoms with Crippen LogP contribution in [0.3, 0.4) is 0 Å². The van der Waals surface area contributed by atoms with E-state index in [-0.39, 0.29) is 20.1 Å². The number of furan rings is 3. The van der Waals surface area contributed by atoms with Gasteiger partial charge in [-0.25, -0.2) is 0 Å². The van der Waals surface area contributed by atoms with Crippen molar-refractivity contribution in [2.75, 3.05) is 0 Å². The van der Waals surface area contributed by atoms with E-state index >= 15 is 0 Å². The zero-order valence-electron chi connectivity index (χ0n) is 31.0. The van der Waals surface area contributed by atoms with Gasteiger partial charge in [-0.15, -0.1) is 0 Å². The van der Waals surface area contributed by atoms with Crippen LogP contribution >= 0.6 is 0 Å². The van der Waals surface area contributed by atoms with Crippen LogP contribution in [0.2, 0.25) is 0 Å². The molecular weight excluding hydrogens is 895 g/mol. The minimum atomic E-state index is 0. The third kappa shape index (κ3) is 6.83. The zero-order chi connectivity index (χ0) is 38.0. The molecule has 279 valence electrons. The van der Waals surface area contributed by atoms with Gasteiger partial charge >= 0.3 is 0 Å². The molecular formula is C51H33IrN3O3. The second-order valence-electron chi connectivity index (χ2n) is 13.5. The van der Waals surface area contributed by atoms with Gasteiger partial charge in [-0.05, 0) is 72.8 Å². The van der Waals surface area contributed by atoms with E-state index in [0.29, 0.717) is 0 Å². The second-order valence-corrected chi connectivity index (χ2v) is 13.5. The molecule has 0 bridgehead atoms. The number of aromatic nitrogens is 3. The van der Waals surface area contributed by atoms with E-state index in [0.717, 1.165) is 99.6 Å². The molecule has 6 aromatic heterocycles. The Morgan fingerprint density at radius 1 is 0.259 bits per heavy atom. The number of hydrogen-bond acceptors (Lipinski definition) is 6. The fourth-order valence-electron chi connectivity index (χ4n) is 7.41. The van der Waals surface area contributed by atoms with Crippen molar-refractivity contribution >= 4 is 65.8 Å². The summed E-state index contributed by atoms with van der Waals surface area (Å²) in [6.45, 7) is 0. The smallest absolute Gasteiger partial charge is 0.144 e. The van der Waals surface area contributed by atoms with Gasteiger partial charge in [-0.3, -0.25) is 15.0 Å². The summed E-state index contributed by atoms with van der Waals surface area (Å²) in [6.07, 6.45) is 5.41. The normalized spacial score (nSPS) is 11.0. The van der Waals surface area contributed by atoms with Crippen molar-refractivity contribution in [3.8, 4) is 33.8 Å². The van der Waals surface area contributed by atoms with Crippen molar-refractivity contribution in [2.24, 2.45) is 0 Å². The van der Waals surface area contributed by atoms with E-state index in [1.807, 2.05) is 146 Å². The quantitative estimate of drug-likeness (QED) is 0.176. The Balaban J connectivity index is 0.000000112. The molecule has 0 saturated carbocycles. The molecule has 0 aliphatic heterocycles. The molecule has 0 unspecified atom stereocenters. The summed E-state index contributed by atoms with van der Waals surface area (Å²) >= 11 is 0. The maximum absolute atomic E-state index is 6.00. The summed E-state index contributed by atoms with van der Waals surface area (Å²) in [5.74, 6) is 0. The first-order valence-corrected chi connectivity index (χ1v) is 18.8. The number of hydrogen-bond donors (Lipinski definition) is 0. The van der Waals surface area contributed by atoms with Crippen LogP contribution in [0.4, 0.5) is 0 Å². The van der Waals surface area contributed by atoms with Crippen molar-refractivity contribution < 1.29 is 33.4 Å². The number of rotatable bonds is 3. The van der Waals surface area contributed by atoms with E-state index in [1.165, 1.54) is 0 Å². The Bertz CT molecular complexity index is 2950. The minimum absolute atomic E-state index is 0. The number of benzene rings is 6. The molecule has 1 radical (unpaired) electrons. The summed E-state index contributed by atoms with van der Waals surface area (Å²) in [4.78, 5) is 13.2. The van der Waals surface area contributed by atoms with Gasteiger partial charge in [0, 0.05) is 87.7 Å². The molecule has 58 heavy (non-hydrogen) atoms. The van der Waals surface area contributed by atoms with Crippen LogP contribution in [-0.2, 0) is 20.1 Å². The van der Waals surface area contributed by atoms with Crippen LogP contribution in [0.15, 0.2) is 214 Å². The molecule has 0 amide bonds. The number of fused-ring (bicyclic) bond motifs is 9. The van der Waals surface area contributed by atoms with Gasteiger partial charge < -0.3 is 13.3 Å². The van der Waals surface area contributed by atoms with E-state index in [1.54, 1.807) is 18.6 Å². The van der Waals surface area contributed by atoms with E-state index in [4.69, 9.17) is 13.3 Å². The molecule has 0 aliphatic carbocycles. The van der Waals surface area contributed by atoms with Crippen LogP contribution < -0.4 is 0 Å². The molecule has 0 spiro atoms. The van der Waals surface area contributed by atoms with Gasteiger partial charge in [-0.2, -0.15) is 0 Å². The van der Waals surface area contributed by atoms with Gasteiger partial charge in [0.05, 0.1) is 17.1 Å². The Morgan fingerprint density at radius 2 is 0.534 bits per heavy atom. The van der Waals surface area contributed by atoms with Gasteiger partial charge in [0.15, 0.2) is 0 Å². The first-order chi connectivity index (χ1) is 28.3. The maximum atomic E-state index is 6.00. The number of pyridine rings is 3. The fourth-order valence-corrected chi connectivity index (χ4v) is 7.41. The van der Waals surface area contributed by atoms with Crippen LogP contribution in [0.25, 0.3) is 99.6 Å². The summed E-state index contributed by atoms with van der Waals surface area (Å²) in [5, 5.41) is 6.86. The average molecular weight is 928 g/mol. The molecule has 0 saturated heterocycles. The maximum Gasteiger partial charge on any atom is 0.144 e. The van der Waals surface area contributed by atoms with Crippen molar-refractivity contribution in [1.82, 2.24) is 15.0 Å². The third-order valence-corrected chi connectivity index (χ3v) is 10.0. The molecule has 0 atom stereocenters. The summed E-state index contributed by atoms with van der Waals surface area (Å²) in [6, 6.07) is 60.6. The fraction of sp³-hybridized carbons (Fsp3) is 0. The first kappa shape index (κ1) is 36.5. The molecule has 7 heteroatoms. The molecule has 0 aliphatic rings. The largest absolute Gasteiger partial charge is 0.455 e. The van der Waals surface area contributed by atoms with Crippen molar-refractivity contribution in [1.29, 1.82) is 0 Å². The first-order valence-electron chi connectivity index (χ1n) is 18.8. The molecule has 12 aromatic rings. The van der Waals surface area contributed by atoms with Gasteiger partial charge in [-0.1, -0.05) is 109 Å². The SMILES string of the molecule is [Ir].c1ccc(-c2cccc3c2oc2ccccc23)nc1.c1ccc(-c2cccc3c2oc2ccccc23)nc1.c1ccc(-c2cccc3c2oc2ccccc23)nc1. The van der Waals surface area contributed by atoms with Crippen LogP contribution in [0.1, 0.15) is 0 Å². The minimum Gasteiger partial charge on any atom is -0.455 e. The molecule has 6 nitrogen and oxygen atoms in total. The van der Waals surface area contributed by atoms with E-state index < -0.39 is 0 Å². The van der Waals surface area contributed by atoms with Crippen molar-refractivity contribution in [2.45, 2.75) is 0 Å². The van der Waals surface area contributed by atoms with E-state index in [2.05, 4.69) is 51.4 Å². The Labute approximate surface area is 346 Å². The van der Waals surface area contributed by atoms with Crippen LogP contribution in [-0.4, -0.2) is 15.0 Å². The van der Waals surface area contributed by atoms with Crippen LogP contribution in [0, 0.1) is 0 Å². The Hall–Kier alpha value is -7.18.